The monoisotopic (exact) mass is 392 g/mol. The number of aliphatic hydroxyl groups is 1. The molecule has 150 valence electrons. The molecule has 27 heavy (non-hydrogen) atoms. The molecule has 0 aliphatic heterocycles. The summed E-state index contributed by atoms with van der Waals surface area (Å²) in [6.45, 7) is 4.05. The summed E-state index contributed by atoms with van der Waals surface area (Å²) < 4.78 is 1.97. The zero-order valence-corrected chi connectivity index (χ0v) is 17.5. The van der Waals surface area contributed by atoms with E-state index in [1.807, 2.05) is 30.7 Å². The highest BCUT2D eigenvalue weighted by Gasteiger charge is 2.22. The van der Waals surface area contributed by atoms with Gasteiger partial charge in [0.15, 0.2) is 5.78 Å². The lowest BCUT2D eigenvalue weighted by atomic mass is 9.92. The van der Waals surface area contributed by atoms with Gasteiger partial charge in [-0.15, -0.1) is 12.4 Å². The van der Waals surface area contributed by atoms with E-state index in [4.69, 9.17) is 5.73 Å². The van der Waals surface area contributed by atoms with Crippen molar-refractivity contribution in [1.29, 1.82) is 0 Å². The first kappa shape index (κ1) is 23.4. The SMILES string of the molecule is CC[C@](N)(CO)CCc1ccc(C(=O)CCCc2ccc(C)cc2)n1C.Cl. The smallest absolute Gasteiger partial charge is 0.179 e. The molecule has 0 unspecified atom stereocenters. The van der Waals surface area contributed by atoms with Crippen LogP contribution in [0.15, 0.2) is 36.4 Å². The van der Waals surface area contributed by atoms with Crippen molar-refractivity contribution in [2.45, 2.75) is 57.9 Å². The van der Waals surface area contributed by atoms with Gasteiger partial charge in [0.2, 0.25) is 0 Å². The molecule has 2 rings (SSSR count). The second kappa shape index (κ2) is 10.6. The third kappa shape index (κ3) is 6.49. The number of ketones is 1. The van der Waals surface area contributed by atoms with Crippen molar-refractivity contribution in [2.75, 3.05) is 6.61 Å². The molecular formula is C22H33ClN2O2. The van der Waals surface area contributed by atoms with Crippen LogP contribution in [-0.4, -0.2) is 27.6 Å². The largest absolute Gasteiger partial charge is 0.394 e. The van der Waals surface area contributed by atoms with Crippen LogP contribution < -0.4 is 5.73 Å². The molecule has 1 aromatic carbocycles. The summed E-state index contributed by atoms with van der Waals surface area (Å²) in [6.07, 6.45) is 4.54. The average molecular weight is 393 g/mol. The number of aliphatic hydroxyl groups excluding tert-OH is 1. The molecule has 0 aliphatic carbocycles. The van der Waals surface area contributed by atoms with Crippen LogP contribution in [0.25, 0.3) is 0 Å². The Bertz CT molecular complexity index is 718. The summed E-state index contributed by atoms with van der Waals surface area (Å²) in [6, 6.07) is 12.4. The maximum atomic E-state index is 12.6. The predicted octanol–water partition coefficient (Wildman–Crippen LogP) is 3.99. The van der Waals surface area contributed by atoms with E-state index >= 15 is 0 Å². The Balaban J connectivity index is 0.00000364. The third-order valence-electron chi connectivity index (χ3n) is 5.40. The fourth-order valence-electron chi connectivity index (χ4n) is 3.17. The fourth-order valence-corrected chi connectivity index (χ4v) is 3.17. The quantitative estimate of drug-likeness (QED) is 0.600. The number of carbonyl (C=O) groups is 1. The number of nitrogens with two attached hydrogens (primary N) is 1. The molecule has 1 heterocycles. The van der Waals surface area contributed by atoms with E-state index in [-0.39, 0.29) is 24.8 Å². The Hall–Kier alpha value is -1.62. The van der Waals surface area contributed by atoms with Crippen molar-refractivity contribution in [2.24, 2.45) is 12.8 Å². The lowest BCUT2D eigenvalue weighted by Crippen LogP contribution is -2.43. The maximum Gasteiger partial charge on any atom is 0.179 e. The van der Waals surface area contributed by atoms with Crippen LogP contribution in [0.5, 0.6) is 0 Å². The molecule has 4 nitrogen and oxygen atoms in total. The van der Waals surface area contributed by atoms with Crippen molar-refractivity contribution in [3.05, 3.63) is 58.9 Å². The first-order valence-corrected chi connectivity index (χ1v) is 9.51. The van der Waals surface area contributed by atoms with Gasteiger partial charge in [0.05, 0.1) is 12.3 Å². The van der Waals surface area contributed by atoms with E-state index in [1.54, 1.807) is 0 Å². The van der Waals surface area contributed by atoms with E-state index in [2.05, 4.69) is 31.2 Å². The minimum atomic E-state index is -0.539. The minimum absolute atomic E-state index is 0. The highest BCUT2D eigenvalue weighted by Crippen LogP contribution is 2.18. The number of benzene rings is 1. The Morgan fingerprint density at radius 1 is 1.15 bits per heavy atom. The number of hydrogen-bond donors (Lipinski definition) is 2. The van der Waals surface area contributed by atoms with Gasteiger partial charge >= 0.3 is 0 Å². The first-order chi connectivity index (χ1) is 12.4. The van der Waals surface area contributed by atoms with Crippen LogP contribution in [0, 0.1) is 6.92 Å². The van der Waals surface area contributed by atoms with Gasteiger partial charge in [-0.2, -0.15) is 0 Å². The second-order valence-electron chi connectivity index (χ2n) is 7.41. The molecule has 5 heteroatoms. The Morgan fingerprint density at radius 2 is 1.81 bits per heavy atom. The average Bonchev–Trinajstić information content (AvgIpc) is 3.02. The van der Waals surface area contributed by atoms with Crippen molar-refractivity contribution in [3.8, 4) is 0 Å². The highest BCUT2D eigenvalue weighted by molar-refractivity contribution is 5.94. The summed E-state index contributed by atoms with van der Waals surface area (Å²) >= 11 is 0. The van der Waals surface area contributed by atoms with Crippen LogP contribution in [0.2, 0.25) is 0 Å². The molecule has 0 amide bonds. The van der Waals surface area contributed by atoms with E-state index in [0.717, 1.165) is 37.1 Å². The predicted molar refractivity (Wildman–Crippen MR) is 114 cm³/mol. The summed E-state index contributed by atoms with van der Waals surface area (Å²) in [7, 11) is 1.94. The summed E-state index contributed by atoms with van der Waals surface area (Å²) in [5.74, 6) is 0.183. The van der Waals surface area contributed by atoms with Gasteiger partial charge in [0, 0.05) is 24.7 Å². The lowest BCUT2D eigenvalue weighted by molar-refractivity contribution is 0.0972. The summed E-state index contributed by atoms with van der Waals surface area (Å²) in [5.41, 5.74) is 10.0. The van der Waals surface area contributed by atoms with Gasteiger partial charge in [-0.1, -0.05) is 36.8 Å². The number of rotatable bonds is 10. The highest BCUT2D eigenvalue weighted by atomic mass is 35.5. The Labute approximate surface area is 169 Å². The Morgan fingerprint density at radius 3 is 2.41 bits per heavy atom. The van der Waals surface area contributed by atoms with Crippen LogP contribution in [0.4, 0.5) is 0 Å². The van der Waals surface area contributed by atoms with Crippen LogP contribution in [0.1, 0.15) is 59.9 Å². The first-order valence-electron chi connectivity index (χ1n) is 9.51. The summed E-state index contributed by atoms with van der Waals surface area (Å²) in [4.78, 5) is 12.6. The summed E-state index contributed by atoms with van der Waals surface area (Å²) in [5, 5.41) is 9.45. The van der Waals surface area contributed by atoms with Crippen molar-refractivity contribution in [3.63, 3.8) is 0 Å². The zero-order valence-electron chi connectivity index (χ0n) is 16.7. The van der Waals surface area contributed by atoms with E-state index in [1.165, 1.54) is 11.1 Å². The normalized spacial score (nSPS) is 13.1. The molecule has 2 aromatic rings. The molecular weight excluding hydrogens is 360 g/mol. The topological polar surface area (TPSA) is 68.2 Å². The molecule has 0 bridgehead atoms. The Kier molecular flexibility index (Phi) is 9.23. The van der Waals surface area contributed by atoms with Gasteiger partial charge < -0.3 is 15.4 Å². The fraction of sp³-hybridized carbons (Fsp3) is 0.500. The molecule has 0 saturated heterocycles. The van der Waals surface area contributed by atoms with Crippen molar-refractivity contribution in [1.82, 2.24) is 4.57 Å². The van der Waals surface area contributed by atoms with Gasteiger partial charge in [0.25, 0.3) is 0 Å². The van der Waals surface area contributed by atoms with Crippen LogP contribution in [-0.2, 0) is 19.9 Å². The lowest BCUT2D eigenvalue weighted by Gasteiger charge is -2.25. The molecule has 0 saturated carbocycles. The number of aryl methyl sites for hydroxylation is 3. The number of halogens is 1. The van der Waals surface area contributed by atoms with Crippen molar-refractivity contribution >= 4 is 18.2 Å². The standard InChI is InChI=1S/C22H32N2O2.ClH/c1-4-22(23,16-25)15-14-19-12-13-20(24(19)3)21(26)7-5-6-18-10-8-17(2)9-11-18;/h8-13,25H,4-7,14-16,23H2,1-3H3;1H/t22-;/m1./s1. The molecule has 0 aliphatic rings. The van der Waals surface area contributed by atoms with E-state index < -0.39 is 5.54 Å². The van der Waals surface area contributed by atoms with Gasteiger partial charge in [0.1, 0.15) is 0 Å². The molecule has 0 fully saturated rings. The maximum absolute atomic E-state index is 12.6. The number of hydrogen-bond acceptors (Lipinski definition) is 3. The number of Topliss-reactive ketones (excluding diaryl/α,β-unsaturated/α-hetero) is 1. The third-order valence-corrected chi connectivity index (χ3v) is 5.40. The van der Waals surface area contributed by atoms with Gasteiger partial charge in [-0.25, -0.2) is 0 Å². The number of aromatic nitrogens is 1. The molecule has 1 aromatic heterocycles. The molecule has 3 N–H and O–H groups in total. The molecule has 1 atom stereocenters. The van der Waals surface area contributed by atoms with Crippen LogP contribution in [0.3, 0.4) is 0 Å². The molecule has 0 radical (unpaired) electrons. The number of nitrogens with zero attached hydrogens (tertiary/aromatic N) is 1. The van der Waals surface area contributed by atoms with Crippen molar-refractivity contribution < 1.29 is 9.90 Å². The van der Waals surface area contributed by atoms with Crippen LogP contribution >= 0.6 is 12.4 Å². The zero-order chi connectivity index (χ0) is 19.2. The van der Waals surface area contributed by atoms with Gasteiger partial charge in [-0.05, 0) is 56.7 Å². The minimum Gasteiger partial charge on any atom is -0.394 e. The second-order valence-corrected chi connectivity index (χ2v) is 7.41. The van der Waals surface area contributed by atoms with E-state index in [9.17, 15) is 9.90 Å². The van der Waals surface area contributed by atoms with E-state index in [0.29, 0.717) is 12.8 Å². The number of carbonyl (C=O) groups excluding carboxylic acids is 1. The molecule has 0 spiro atoms. The van der Waals surface area contributed by atoms with Gasteiger partial charge in [-0.3, -0.25) is 4.79 Å².